The first kappa shape index (κ1) is 22.5. The Kier molecular flexibility index (Phi) is 6.74. The molecule has 0 aliphatic carbocycles. The van der Waals surface area contributed by atoms with E-state index in [1.165, 1.54) is 24.1 Å². The molecule has 0 bridgehead atoms. The van der Waals surface area contributed by atoms with Crippen LogP contribution in [0.25, 0.3) is 0 Å². The normalized spacial score (nSPS) is 15.3. The molecule has 0 radical (unpaired) electrons. The smallest absolute Gasteiger partial charge is 0.269 e. The zero-order valence-electron chi connectivity index (χ0n) is 17.4. The van der Waals surface area contributed by atoms with Gasteiger partial charge in [0.05, 0.1) is 5.56 Å². The van der Waals surface area contributed by atoms with Gasteiger partial charge in [0.15, 0.2) is 0 Å². The summed E-state index contributed by atoms with van der Waals surface area (Å²) in [6, 6.07) is 14.7. The van der Waals surface area contributed by atoms with E-state index in [0.717, 1.165) is 9.87 Å². The second-order valence-electron chi connectivity index (χ2n) is 7.28. The summed E-state index contributed by atoms with van der Waals surface area (Å²) in [7, 11) is -2.40. The second kappa shape index (κ2) is 9.30. The van der Waals surface area contributed by atoms with Crippen LogP contribution in [0.2, 0.25) is 0 Å². The molecule has 2 aromatic carbocycles. The minimum absolute atomic E-state index is 0.00378. The fourth-order valence-corrected chi connectivity index (χ4v) is 5.15. The van der Waals surface area contributed by atoms with E-state index in [0.29, 0.717) is 0 Å². The van der Waals surface area contributed by atoms with Crippen molar-refractivity contribution in [3.63, 3.8) is 0 Å². The van der Waals surface area contributed by atoms with Crippen molar-refractivity contribution in [2.45, 2.75) is 37.2 Å². The summed E-state index contributed by atoms with van der Waals surface area (Å²) < 4.78 is 26.1. The third-order valence-corrected chi connectivity index (χ3v) is 7.11. The number of nitrogens with one attached hydrogen (secondary N) is 1. The van der Waals surface area contributed by atoms with Gasteiger partial charge in [0.1, 0.15) is 10.9 Å². The molecular weight excluding hydrogens is 418 g/mol. The molecule has 3 amide bonds. The number of carbonyl (C=O) groups excluding carboxylic acids is 3. The molecule has 8 nitrogen and oxygen atoms in total. The average Bonchev–Trinajstić information content (AvgIpc) is 2.97. The molecule has 3 rings (SSSR count). The van der Waals surface area contributed by atoms with Crippen LogP contribution in [0.1, 0.15) is 35.7 Å². The average molecular weight is 444 g/mol. The van der Waals surface area contributed by atoms with Crippen LogP contribution in [0.5, 0.6) is 0 Å². The Morgan fingerprint density at radius 3 is 2.35 bits per heavy atom. The molecule has 0 saturated carbocycles. The Labute approximate surface area is 181 Å². The molecule has 1 aliphatic heterocycles. The SMILES string of the molecule is CNC(=O)[C@H](C)N(Cc1ccccc1)C(=O)CCCN1C(=O)c2ccccc2S1(=O)=O. The Morgan fingerprint density at radius 1 is 1.06 bits per heavy atom. The predicted molar refractivity (Wildman–Crippen MR) is 114 cm³/mol. The van der Waals surface area contributed by atoms with Gasteiger partial charge in [-0.1, -0.05) is 42.5 Å². The van der Waals surface area contributed by atoms with E-state index < -0.39 is 22.0 Å². The molecule has 0 fully saturated rings. The Bertz CT molecular complexity index is 1090. The first-order valence-corrected chi connectivity index (χ1v) is 11.4. The monoisotopic (exact) mass is 443 g/mol. The molecule has 1 N–H and O–H groups in total. The van der Waals surface area contributed by atoms with Gasteiger partial charge in [0, 0.05) is 26.6 Å². The van der Waals surface area contributed by atoms with E-state index in [2.05, 4.69) is 5.32 Å². The lowest BCUT2D eigenvalue weighted by atomic mass is 10.1. The summed E-state index contributed by atoms with van der Waals surface area (Å²) in [4.78, 5) is 39.0. The molecule has 0 saturated heterocycles. The van der Waals surface area contributed by atoms with Crippen molar-refractivity contribution in [1.29, 1.82) is 0 Å². The Balaban J connectivity index is 1.68. The number of hydrogen-bond acceptors (Lipinski definition) is 5. The number of fused-ring (bicyclic) bond motifs is 1. The van der Waals surface area contributed by atoms with Crippen LogP contribution in [0.3, 0.4) is 0 Å². The number of benzene rings is 2. The summed E-state index contributed by atoms with van der Waals surface area (Å²) in [6.45, 7) is 1.79. The molecule has 0 spiro atoms. The maximum Gasteiger partial charge on any atom is 0.269 e. The molecule has 0 unspecified atom stereocenters. The lowest BCUT2D eigenvalue weighted by Gasteiger charge is -2.28. The van der Waals surface area contributed by atoms with Crippen LogP contribution >= 0.6 is 0 Å². The van der Waals surface area contributed by atoms with E-state index >= 15 is 0 Å². The number of likely N-dealkylation sites (N-methyl/N-ethyl adjacent to an activating group) is 1. The maximum atomic E-state index is 12.9. The quantitative estimate of drug-likeness (QED) is 0.670. The highest BCUT2D eigenvalue weighted by Crippen LogP contribution is 2.30. The zero-order chi connectivity index (χ0) is 22.6. The van der Waals surface area contributed by atoms with Crippen LogP contribution in [-0.4, -0.2) is 55.0 Å². The maximum absolute atomic E-state index is 12.9. The standard InChI is InChI=1S/C22H25N3O5S/c1-16(21(27)23-2)24(15-17-9-4-3-5-10-17)20(26)13-8-14-25-22(28)18-11-6-7-12-19(18)31(25,29)30/h3-7,9-12,16H,8,13-15H2,1-2H3,(H,23,27)/t16-/m0/s1. The number of nitrogens with zero attached hydrogens (tertiary/aromatic N) is 2. The third kappa shape index (κ3) is 4.61. The van der Waals surface area contributed by atoms with Gasteiger partial charge in [-0.3, -0.25) is 14.4 Å². The van der Waals surface area contributed by atoms with Gasteiger partial charge < -0.3 is 10.2 Å². The van der Waals surface area contributed by atoms with Crippen molar-refractivity contribution >= 4 is 27.7 Å². The largest absolute Gasteiger partial charge is 0.357 e. The van der Waals surface area contributed by atoms with Crippen molar-refractivity contribution < 1.29 is 22.8 Å². The number of hydrogen-bond donors (Lipinski definition) is 1. The first-order chi connectivity index (χ1) is 14.8. The molecular formula is C22H25N3O5S. The summed E-state index contributed by atoms with van der Waals surface area (Å²) >= 11 is 0. The molecule has 164 valence electrons. The van der Waals surface area contributed by atoms with Gasteiger partial charge in [-0.25, -0.2) is 12.7 Å². The Morgan fingerprint density at radius 2 is 1.71 bits per heavy atom. The first-order valence-electron chi connectivity index (χ1n) is 9.98. The van der Waals surface area contributed by atoms with Crippen molar-refractivity contribution in [2.75, 3.05) is 13.6 Å². The zero-order valence-corrected chi connectivity index (χ0v) is 18.3. The number of carbonyl (C=O) groups is 3. The highest BCUT2D eigenvalue weighted by molar-refractivity contribution is 7.90. The van der Waals surface area contributed by atoms with Crippen molar-refractivity contribution in [2.24, 2.45) is 0 Å². The Hall–Kier alpha value is -3.20. The van der Waals surface area contributed by atoms with Crippen LogP contribution < -0.4 is 5.32 Å². The van der Waals surface area contributed by atoms with Gasteiger partial charge in [0.25, 0.3) is 15.9 Å². The lowest BCUT2D eigenvalue weighted by molar-refractivity contribution is -0.140. The minimum atomic E-state index is -3.90. The molecule has 9 heteroatoms. The third-order valence-electron chi connectivity index (χ3n) is 5.27. The topological polar surface area (TPSA) is 104 Å². The predicted octanol–water partition coefficient (Wildman–Crippen LogP) is 1.77. The molecule has 31 heavy (non-hydrogen) atoms. The van der Waals surface area contributed by atoms with E-state index in [9.17, 15) is 22.8 Å². The van der Waals surface area contributed by atoms with Crippen LogP contribution in [-0.2, 0) is 26.2 Å². The van der Waals surface area contributed by atoms with Crippen LogP contribution in [0.4, 0.5) is 0 Å². The van der Waals surface area contributed by atoms with E-state index in [4.69, 9.17) is 0 Å². The van der Waals surface area contributed by atoms with E-state index in [-0.39, 0.29) is 48.2 Å². The van der Waals surface area contributed by atoms with Gasteiger partial charge in [-0.2, -0.15) is 0 Å². The van der Waals surface area contributed by atoms with E-state index in [1.807, 2.05) is 30.3 Å². The summed E-state index contributed by atoms with van der Waals surface area (Å²) in [5.74, 6) is -1.17. The van der Waals surface area contributed by atoms with Gasteiger partial charge in [-0.05, 0) is 31.0 Å². The van der Waals surface area contributed by atoms with Crippen LogP contribution in [0, 0.1) is 0 Å². The highest BCUT2D eigenvalue weighted by atomic mass is 32.2. The molecule has 1 aliphatic rings. The highest BCUT2D eigenvalue weighted by Gasteiger charge is 2.40. The molecule has 1 heterocycles. The van der Waals surface area contributed by atoms with Gasteiger partial charge in [-0.15, -0.1) is 0 Å². The second-order valence-corrected chi connectivity index (χ2v) is 9.11. The van der Waals surface area contributed by atoms with Crippen LogP contribution in [0.15, 0.2) is 59.5 Å². The summed E-state index contributed by atoms with van der Waals surface area (Å²) in [5.41, 5.74) is 1.02. The van der Waals surface area contributed by atoms with Gasteiger partial charge in [0.2, 0.25) is 11.8 Å². The number of amides is 3. The number of sulfonamides is 1. The van der Waals surface area contributed by atoms with E-state index in [1.54, 1.807) is 19.1 Å². The molecule has 2 aromatic rings. The van der Waals surface area contributed by atoms with Crippen molar-refractivity contribution in [3.05, 3.63) is 65.7 Å². The fraction of sp³-hybridized carbons (Fsp3) is 0.318. The number of rotatable bonds is 8. The van der Waals surface area contributed by atoms with Crippen molar-refractivity contribution in [3.8, 4) is 0 Å². The minimum Gasteiger partial charge on any atom is -0.357 e. The fourth-order valence-electron chi connectivity index (χ4n) is 3.54. The molecule has 0 aromatic heterocycles. The lowest BCUT2D eigenvalue weighted by Crippen LogP contribution is -2.46. The van der Waals surface area contributed by atoms with Gasteiger partial charge >= 0.3 is 0 Å². The van der Waals surface area contributed by atoms with Crippen molar-refractivity contribution in [1.82, 2.24) is 14.5 Å². The molecule has 1 atom stereocenters. The summed E-state index contributed by atoms with van der Waals surface area (Å²) in [5, 5.41) is 2.55. The summed E-state index contributed by atoms with van der Waals surface area (Å²) in [6.07, 6.45) is 0.160.